The van der Waals surface area contributed by atoms with Gasteiger partial charge in [0.05, 0.1) is 0 Å². The van der Waals surface area contributed by atoms with Gasteiger partial charge in [-0.25, -0.2) is 0 Å². The monoisotopic (exact) mass is 402 g/mol. The van der Waals surface area contributed by atoms with Crippen molar-refractivity contribution in [1.82, 2.24) is 0 Å². The van der Waals surface area contributed by atoms with Gasteiger partial charge in [-0.2, -0.15) is 0 Å². The quantitative estimate of drug-likeness (QED) is 0.747. The van der Waals surface area contributed by atoms with Gasteiger partial charge < -0.3 is 11.5 Å². The lowest BCUT2D eigenvalue weighted by molar-refractivity contribution is 0.587. The van der Waals surface area contributed by atoms with E-state index in [1.165, 1.54) is 7.14 Å². The van der Waals surface area contributed by atoms with Crippen LogP contribution in [-0.2, 0) is 0 Å². The Hall–Kier alpha value is 0.600. The standard InChI is InChI=1S/C9H12I2N2/c1-5(12)9(13)7-3-2-6(10)4-8(7)11/h2-5,9H,12-13H2,1H3. The number of rotatable bonds is 2. The zero-order valence-corrected chi connectivity index (χ0v) is 11.6. The van der Waals surface area contributed by atoms with Gasteiger partial charge >= 0.3 is 0 Å². The van der Waals surface area contributed by atoms with Crippen molar-refractivity contribution in [2.45, 2.75) is 19.0 Å². The second-order valence-corrected chi connectivity index (χ2v) is 5.46. The van der Waals surface area contributed by atoms with Crippen LogP contribution in [-0.4, -0.2) is 6.04 Å². The van der Waals surface area contributed by atoms with Crippen molar-refractivity contribution < 1.29 is 0 Å². The van der Waals surface area contributed by atoms with Crippen LogP contribution in [0.5, 0.6) is 0 Å². The van der Waals surface area contributed by atoms with Crippen LogP contribution >= 0.6 is 45.2 Å². The largest absolute Gasteiger partial charge is 0.326 e. The summed E-state index contributed by atoms with van der Waals surface area (Å²) >= 11 is 4.58. The first-order valence-corrected chi connectivity index (χ1v) is 6.14. The summed E-state index contributed by atoms with van der Waals surface area (Å²) < 4.78 is 2.41. The highest BCUT2D eigenvalue weighted by Crippen LogP contribution is 2.22. The van der Waals surface area contributed by atoms with Gasteiger partial charge in [0.1, 0.15) is 0 Å². The van der Waals surface area contributed by atoms with Crippen LogP contribution in [0.15, 0.2) is 18.2 Å². The van der Waals surface area contributed by atoms with Gasteiger partial charge in [0.25, 0.3) is 0 Å². The first kappa shape index (κ1) is 11.7. The number of halogens is 2. The molecule has 4 heteroatoms. The van der Waals surface area contributed by atoms with Gasteiger partial charge in [0.15, 0.2) is 0 Å². The van der Waals surface area contributed by atoms with Crippen molar-refractivity contribution in [3.8, 4) is 0 Å². The lowest BCUT2D eigenvalue weighted by Gasteiger charge is -2.17. The number of hydrogen-bond donors (Lipinski definition) is 2. The highest BCUT2D eigenvalue weighted by atomic mass is 127. The minimum Gasteiger partial charge on any atom is -0.326 e. The van der Waals surface area contributed by atoms with Gasteiger partial charge in [0.2, 0.25) is 0 Å². The van der Waals surface area contributed by atoms with Gasteiger partial charge in [-0.15, -0.1) is 0 Å². The molecule has 0 amide bonds. The van der Waals surface area contributed by atoms with Crippen molar-refractivity contribution in [2.75, 3.05) is 0 Å². The van der Waals surface area contributed by atoms with Gasteiger partial charge in [0, 0.05) is 19.2 Å². The molecule has 1 aromatic rings. The first-order chi connectivity index (χ1) is 6.02. The van der Waals surface area contributed by atoms with E-state index in [2.05, 4.69) is 63.4 Å². The SMILES string of the molecule is CC(N)C(N)c1ccc(I)cc1I. The molecule has 1 rings (SSSR count). The van der Waals surface area contributed by atoms with E-state index in [1.807, 2.05) is 6.92 Å². The molecule has 0 aliphatic heterocycles. The topological polar surface area (TPSA) is 52.0 Å². The Balaban J connectivity index is 3.01. The molecular formula is C9H12I2N2. The molecular weight excluding hydrogens is 390 g/mol. The van der Waals surface area contributed by atoms with Crippen molar-refractivity contribution in [3.05, 3.63) is 30.9 Å². The maximum Gasteiger partial charge on any atom is 0.0456 e. The second-order valence-electron chi connectivity index (χ2n) is 3.05. The molecule has 0 aliphatic rings. The Bertz CT molecular complexity index is 300. The Morgan fingerprint density at radius 1 is 1.23 bits per heavy atom. The van der Waals surface area contributed by atoms with Crippen molar-refractivity contribution >= 4 is 45.2 Å². The molecule has 4 N–H and O–H groups in total. The van der Waals surface area contributed by atoms with Crippen LogP contribution in [0, 0.1) is 7.14 Å². The molecule has 1 aromatic carbocycles. The average Bonchev–Trinajstić information content (AvgIpc) is 2.03. The van der Waals surface area contributed by atoms with Crippen molar-refractivity contribution in [1.29, 1.82) is 0 Å². The van der Waals surface area contributed by atoms with Crippen LogP contribution in [0.2, 0.25) is 0 Å². The summed E-state index contributed by atoms with van der Waals surface area (Å²) in [5, 5.41) is 0. The molecule has 0 radical (unpaired) electrons. The Morgan fingerprint density at radius 2 is 1.85 bits per heavy atom. The number of hydrogen-bond acceptors (Lipinski definition) is 2. The summed E-state index contributed by atoms with van der Waals surface area (Å²) in [7, 11) is 0. The summed E-state index contributed by atoms with van der Waals surface area (Å²) in [6.07, 6.45) is 0. The predicted molar refractivity (Wildman–Crippen MR) is 72.5 cm³/mol. The maximum absolute atomic E-state index is 5.96. The highest BCUT2D eigenvalue weighted by molar-refractivity contribution is 14.1. The van der Waals surface area contributed by atoms with E-state index in [-0.39, 0.29) is 12.1 Å². The summed E-state index contributed by atoms with van der Waals surface area (Å²) in [5.41, 5.74) is 12.8. The molecule has 2 nitrogen and oxygen atoms in total. The third-order valence-electron chi connectivity index (χ3n) is 1.89. The van der Waals surface area contributed by atoms with E-state index in [1.54, 1.807) is 0 Å². The van der Waals surface area contributed by atoms with Crippen LogP contribution in [0.4, 0.5) is 0 Å². The maximum atomic E-state index is 5.96. The molecule has 13 heavy (non-hydrogen) atoms. The molecule has 0 saturated heterocycles. The molecule has 0 spiro atoms. The van der Waals surface area contributed by atoms with E-state index < -0.39 is 0 Å². The van der Waals surface area contributed by atoms with Crippen molar-refractivity contribution in [3.63, 3.8) is 0 Å². The van der Waals surface area contributed by atoms with E-state index in [0.717, 1.165) is 5.56 Å². The fourth-order valence-corrected chi connectivity index (χ4v) is 3.02. The highest BCUT2D eigenvalue weighted by Gasteiger charge is 2.13. The molecule has 2 unspecified atom stereocenters. The van der Waals surface area contributed by atoms with E-state index in [9.17, 15) is 0 Å². The Morgan fingerprint density at radius 3 is 2.31 bits per heavy atom. The normalized spacial score (nSPS) is 15.5. The molecule has 0 saturated carbocycles. The summed E-state index contributed by atoms with van der Waals surface area (Å²) in [5.74, 6) is 0. The zero-order chi connectivity index (χ0) is 10.0. The minimum atomic E-state index is -0.0658. The molecule has 0 aliphatic carbocycles. The first-order valence-electron chi connectivity index (χ1n) is 3.98. The summed E-state index contributed by atoms with van der Waals surface area (Å²) in [6.45, 7) is 1.93. The molecule has 72 valence electrons. The molecule has 2 atom stereocenters. The zero-order valence-electron chi connectivity index (χ0n) is 7.30. The third kappa shape index (κ3) is 3.03. The number of benzene rings is 1. The molecule has 0 bridgehead atoms. The van der Waals surface area contributed by atoms with Crippen molar-refractivity contribution in [2.24, 2.45) is 11.5 Å². The van der Waals surface area contributed by atoms with Gasteiger partial charge in [-0.3, -0.25) is 0 Å². The van der Waals surface area contributed by atoms with Gasteiger partial charge in [-0.1, -0.05) is 6.07 Å². The lowest BCUT2D eigenvalue weighted by Crippen LogP contribution is -2.31. The molecule has 0 fully saturated rings. The van der Waals surface area contributed by atoms with E-state index in [4.69, 9.17) is 11.5 Å². The third-order valence-corrected chi connectivity index (χ3v) is 3.49. The fraction of sp³-hybridized carbons (Fsp3) is 0.333. The Kier molecular flexibility index (Phi) is 4.40. The Labute approximate surface area is 106 Å². The van der Waals surface area contributed by atoms with Crippen LogP contribution < -0.4 is 11.5 Å². The van der Waals surface area contributed by atoms with Crippen LogP contribution in [0.3, 0.4) is 0 Å². The second kappa shape index (κ2) is 4.90. The fourth-order valence-electron chi connectivity index (χ4n) is 1.06. The average molecular weight is 402 g/mol. The summed E-state index contributed by atoms with van der Waals surface area (Å²) in [6, 6.07) is 6.15. The number of nitrogens with two attached hydrogens (primary N) is 2. The van der Waals surface area contributed by atoms with E-state index in [0.29, 0.717) is 0 Å². The van der Waals surface area contributed by atoms with E-state index >= 15 is 0 Å². The minimum absolute atomic E-state index is 0.00595. The molecule has 0 heterocycles. The van der Waals surface area contributed by atoms with Crippen LogP contribution in [0.1, 0.15) is 18.5 Å². The lowest BCUT2D eigenvalue weighted by atomic mass is 10.0. The molecule has 0 aromatic heterocycles. The van der Waals surface area contributed by atoms with Gasteiger partial charge in [-0.05, 0) is 69.8 Å². The summed E-state index contributed by atoms with van der Waals surface area (Å²) in [4.78, 5) is 0. The smallest absolute Gasteiger partial charge is 0.0456 e. The predicted octanol–water partition coefficient (Wildman–Crippen LogP) is 2.24. The van der Waals surface area contributed by atoms with Crippen LogP contribution in [0.25, 0.3) is 0 Å².